The fourth-order valence-corrected chi connectivity index (χ4v) is 5.97. The zero-order valence-corrected chi connectivity index (χ0v) is 25.3. The van der Waals surface area contributed by atoms with Gasteiger partial charge in [0.15, 0.2) is 5.78 Å². The van der Waals surface area contributed by atoms with Crippen molar-refractivity contribution in [3.63, 3.8) is 0 Å². The molecular formula is C32H36ClN5O4. The number of aromatic amines is 1. The van der Waals surface area contributed by atoms with Gasteiger partial charge in [-0.15, -0.1) is 0 Å². The van der Waals surface area contributed by atoms with E-state index >= 15 is 0 Å². The molecule has 2 aromatic carbocycles. The lowest BCUT2D eigenvalue weighted by molar-refractivity contribution is -0.132. The van der Waals surface area contributed by atoms with Crippen molar-refractivity contribution in [2.45, 2.75) is 46.1 Å². The lowest BCUT2D eigenvalue weighted by Crippen LogP contribution is -2.50. The Morgan fingerprint density at radius 2 is 1.83 bits per heavy atom. The van der Waals surface area contributed by atoms with Gasteiger partial charge < -0.3 is 18.9 Å². The minimum atomic E-state index is -0.103. The van der Waals surface area contributed by atoms with Crippen molar-refractivity contribution in [1.82, 2.24) is 24.6 Å². The van der Waals surface area contributed by atoms with Gasteiger partial charge >= 0.3 is 0 Å². The van der Waals surface area contributed by atoms with Crippen molar-refractivity contribution in [2.75, 3.05) is 27.3 Å². The highest BCUT2D eigenvalue weighted by Gasteiger charge is 2.33. The van der Waals surface area contributed by atoms with Crippen LogP contribution in [0.15, 0.2) is 43.0 Å². The van der Waals surface area contributed by atoms with Crippen molar-refractivity contribution in [2.24, 2.45) is 5.92 Å². The van der Waals surface area contributed by atoms with Crippen LogP contribution in [-0.2, 0) is 30.6 Å². The Bertz CT molecular complexity index is 1630. The van der Waals surface area contributed by atoms with Crippen LogP contribution in [0, 0.1) is 12.8 Å². The number of amides is 1. The van der Waals surface area contributed by atoms with E-state index in [9.17, 15) is 9.59 Å². The van der Waals surface area contributed by atoms with Gasteiger partial charge in [0.05, 0.1) is 25.4 Å². The number of benzene rings is 2. The molecule has 0 bridgehead atoms. The van der Waals surface area contributed by atoms with Gasteiger partial charge in [-0.3, -0.25) is 14.7 Å². The smallest absolute Gasteiger partial charge is 0.245 e. The molecule has 0 saturated carbocycles. The summed E-state index contributed by atoms with van der Waals surface area (Å²) in [5, 5.41) is 9.41. The van der Waals surface area contributed by atoms with Crippen molar-refractivity contribution in [3.8, 4) is 11.5 Å². The highest BCUT2D eigenvalue weighted by atomic mass is 35.5. The van der Waals surface area contributed by atoms with Crippen LogP contribution in [0.5, 0.6) is 11.5 Å². The maximum Gasteiger partial charge on any atom is 0.245 e. The summed E-state index contributed by atoms with van der Waals surface area (Å²) < 4.78 is 13.0. The number of nitrogens with one attached hydrogen (secondary N) is 1. The minimum absolute atomic E-state index is 0.0195. The topological polar surface area (TPSA) is 102 Å². The third kappa shape index (κ3) is 5.92. The Kier molecular flexibility index (Phi) is 8.68. The summed E-state index contributed by atoms with van der Waals surface area (Å²) in [6, 6.07) is 9.71. The highest BCUT2D eigenvalue weighted by Crippen LogP contribution is 2.29. The summed E-state index contributed by atoms with van der Waals surface area (Å²) in [6.45, 7) is 9.06. The van der Waals surface area contributed by atoms with E-state index in [1.807, 2.05) is 35.8 Å². The predicted molar refractivity (Wildman–Crippen MR) is 163 cm³/mol. The normalized spacial score (nSPS) is 13.3. The number of imidazole rings is 1. The maximum absolute atomic E-state index is 13.7. The average molecular weight is 590 g/mol. The zero-order chi connectivity index (χ0) is 30.0. The molecule has 220 valence electrons. The molecule has 3 heterocycles. The molecule has 0 radical (unpaired) electrons. The van der Waals surface area contributed by atoms with Gasteiger partial charge in [0.1, 0.15) is 23.0 Å². The largest absolute Gasteiger partial charge is 0.497 e. The summed E-state index contributed by atoms with van der Waals surface area (Å²) in [5.74, 6) is 2.18. The SMILES string of the molecule is C=CC(=O)N1CC(CC(=O)c2c(C)nc(CCc3[nH]nc4cc(Cl)c(CC)cc34)n2Cc2cc(OC)cc(OC)c2)C1. The van der Waals surface area contributed by atoms with Crippen LogP contribution in [0.2, 0.25) is 5.02 Å². The maximum atomic E-state index is 13.7. The third-order valence-corrected chi connectivity index (χ3v) is 8.29. The molecule has 0 unspecified atom stereocenters. The molecule has 1 fully saturated rings. The quantitative estimate of drug-likeness (QED) is 0.176. The first-order valence-electron chi connectivity index (χ1n) is 14.1. The number of halogens is 1. The number of nitrogens with zero attached hydrogens (tertiary/aromatic N) is 4. The van der Waals surface area contributed by atoms with E-state index in [-0.39, 0.29) is 17.6 Å². The number of carbonyl (C=O) groups excluding carboxylic acids is 2. The number of fused-ring (bicyclic) bond motifs is 1. The number of ether oxygens (including phenoxy) is 2. The summed E-state index contributed by atoms with van der Waals surface area (Å²) in [4.78, 5) is 32.2. The van der Waals surface area contributed by atoms with E-state index in [0.717, 1.165) is 45.0 Å². The highest BCUT2D eigenvalue weighted by molar-refractivity contribution is 6.32. The molecule has 0 atom stereocenters. The van der Waals surface area contributed by atoms with E-state index in [1.54, 1.807) is 19.1 Å². The molecule has 1 amide bonds. The van der Waals surface area contributed by atoms with E-state index in [2.05, 4.69) is 29.8 Å². The van der Waals surface area contributed by atoms with Crippen LogP contribution in [-0.4, -0.2) is 63.6 Å². The molecule has 42 heavy (non-hydrogen) atoms. The number of methoxy groups -OCH3 is 2. The number of aryl methyl sites for hydroxylation is 4. The fourth-order valence-electron chi connectivity index (χ4n) is 5.68. The van der Waals surface area contributed by atoms with Gasteiger partial charge in [0.2, 0.25) is 5.91 Å². The van der Waals surface area contributed by atoms with Gasteiger partial charge in [-0.25, -0.2) is 4.98 Å². The number of likely N-dealkylation sites (tertiary alicyclic amines) is 1. The van der Waals surface area contributed by atoms with Crippen LogP contribution in [0.1, 0.15) is 52.2 Å². The minimum Gasteiger partial charge on any atom is -0.497 e. The number of ketones is 1. The molecule has 4 aromatic rings. The van der Waals surface area contributed by atoms with Crippen molar-refractivity contribution >= 4 is 34.2 Å². The second-order valence-electron chi connectivity index (χ2n) is 10.7. The Morgan fingerprint density at radius 1 is 1.12 bits per heavy atom. The molecule has 5 rings (SSSR count). The van der Waals surface area contributed by atoms with Crippen LogP contribution >= 0.6 is 11.6 Å². The van der Waals surface area contributed by atoms with Gasteiger partial charge in [-0.1, -0.05) is 25.1 Å². The monoisotopic (exact) mass is 589 g/mol. The number of hydrogen-bond donors (Lipinski definition) is 1. The van der Waals surface area contributed by atoms with Crippen LogP contribution < -0.4 is 9.47 Å². The molecule has 0 aliphatic carbocycles. The fraction of sp³-hybridized carbons (Fsp3) is 0.375. The van der Waals surface area contributed by atoms with Crippen LogP contribution in [0.25, 0.3) is 10.9 Å². The van der Waals surface area contributed by atoms with Crippen molar-refractivity contribution in [3.05, 3.63) is 82.0 Å². The van der Waals surface area contributed by atoms with Crippen molar-refractivity contribution in [1.29, 1.82) is 0 Å². The van der Waals surface area contributed by atoms with Gasteiger partial charge in [-0.2, -0.15) is 5.10 Å². The lowest BCUT2D eigenvalue weighted by atomic mass is 9.92. The lowest BCUT2D eigenvalue weighted by Gasteiger charge is -2.38. The standard InChI is InChI=1S/C32H36ClN5O4/c1-6-22-13-25-27(35-36-28(25)15-26(22)33)8-9-30-34-19(3)32(29(39)12-21-16-37(17-21)31(40)7-2)38(30)18-20-10-23(41-4)14-24(11-20)42-5/h7,10-11,13-15,21H,2,6,8-9,12,16-18H2,1,3-5H3,(H,35,36). The van der Waals surface area contributed by atoms with E-state index in [0.29, 0.717) is 61.8 Å². The number of hydrogen-bond acceptors (Lipinski definition) is 6. The Hall–Kier alpha value is -4.11. The number of rotatable bonds is 12. The van der Waals surface area contributed by atoms with Gasteiger partial charge in [0.25, 0.3) is 0 Å². The number of H-pyrrole nitrogens is 1. The molecular weight excluding hydrogens is 554 g/mol. The second kappa shape index (κ2) is 12.4. The molecule has 0 spiro atoms. The zero-order valence-electron chi connectivity index (χ0n) is 24.5. The molecule has 1 aliphatic heterocycles. The van der Waals surface area contributed by atoms with Gasteiger partial charge in [0, 0.05) is 60.6 Å². The average Bonchev–Trinajstić information content (AvgIpc) is 3.50. The second-order valence-corrected chi connectivity index (χ2v) is 11.1. The van der Waals surface area contributed by atoms with E-state index in [4.69, 9.17) is 26.1 Å². The number of Topliss-reactive ketones (excluding diaryl/α,β-unsaturated/α-hetero) is 1. The van der Waals surface area contributed by atoms with Crippen LogP contribution in [0.3, 0.4) is 0 Å². The molecule has 1 N–H and O–H groups in total. The first kappa shape index (κ1) is 29.4. The summed E-state index contributed by atoms with van der Waals surface area (Å²) >= 11 is 6.42. The molecule has 1 saturated heterocycles. The predicted octanol–water partition coefficient (Wildman–Crippen LogP) is 5.35. The number of carbonyl (C=O) groups is 2. The van der Waals surface area contributed by atoms with Gasteiger partial charge in [-0.05, 0) is 61.2 Å². The first-order valence-corrected chi connectivity index (χ1v) is 14.5. The van der Waals surface area contributed by atoms with Crippen LogP contribution in [0.4, 0.5) is 0 Å². The van der Waals surface area contributed by atoms with Crippen molar-refractivity contribution < 1.29 is 19.1 Å². The Balaban J connectivity index is 1.45. The summed E-state index contributed by atoms with van der Waals surface area (Å²) in [7, 11) is 3.23. The summed E-state index contributed by atoms with van der Waals surface area (Å²) in [6.07, 6.45) is 3.75. The molecule has 2 aromatic heterocycles. The molecule has 1 aliphatic rings. The molecule has 9 nitrogen and oxygen atoms in total. The first-order chi connectivity index (χ1) is 20.2. The Labute approximate surface area is 250 Å². The third-order valence-electron chi connectivity index (χ3n) is 7.94. The number of aromatic nitrogens is 4. The molecule has 10 heteroatoms. The van der Waals surface area contributed by atoms with E-state index < -0.39 is 0 Å². The van der Waals surface area contributed by atoms with E-state index in [1.165, 1.54) is 6.08 Å². The summed E-state index contributed by atoms with van der Waals surface area (Å²) in [5.41, 5.74) is 5.12. The Morgan fingerprint density at radius 3 is 2.48 bits per heavy atom.